The van der Waals surface area contributed by atoms with Crippen molar-refractivity contribution in [2.75, 3.05) is 0 Å². The van der Waals surface area contributed by atoms with Gasteiger partial charge in [0.05, 0.1) is 12.0 Å². The zero-order chi connectivity index (χ0) is 15.5. The van der Waals surface area contributed by atoms with Gasteiger partial charge in [-0.25, -0.2) is 4.98 Å². The second-order valence-electron chi connectivity index (χ2n) is 5.32. The minimum Gasteiger partial charge on any atom is -0.446 e. The van der Waals surface area contributed by atoms with E-state index in [9.17, 15) is 0 Å². The molecule has 0 saturated heterocycles. The number of fused-ring (bicyclic) bond motifs is 1. The Morgan fingerprint density at radius 2 is 2.05 bits per heavy atom. The second-order valence-corrected chi connectivity index (χ2v) is 5.32. The lowest BCUT2D eigenvalue weighted by molar-refractivity contribution is 0.599. The maximum absolute atomic E-state index is 5.54. The number of pyridine rings is 1. The standard InChI is InChI=1S/C20H19NO/c1-4-9-19-18(12-17-14(3)13-22-20(17)21-19)16(5-2)15-10-7-6-8-11-15/h4-8,10-13H,1,9H2,2-3H3/b16-5-. The molecule has 0 spiro atoms. The number of nitrogens with zero attached hydrogens (tertiary/aromatic N) is 1. The van der Waals surface area contributed by atoms with Crippen LogP contribution in [0, 0.1) is 6.92 Å². The van der Waals surface area contributed by atoms with E-state index in [1.807, 2.05) is 19.1 Å². The molecule has 2 heterocycles. The molecule has 0 unspecified atom stereocenters. The summed E-state index contributed by atoms with van der Waals surface area (Å²) in [7, 11) is 0. The van der Waals surface area contributed by atoms with Gasteiger partial charge >= 0.3 is 0 Å². The Kier molecular flexibility index (Phi) is 3.92. The first-order valence-corrected chi connectivity index (χ1v) is 7.45. The van der Waals surface area contributed by atoms with Gasteiger partial charge < -0.3 is 4.42 Å². The molecule has 0 aliphatic carbocycles. The molecule has 2 heteroatoms. The molecule has 0 N–H and O–H groups in total. The molecule has 3 rings (SSSR count). The van der Waals surface area contributed by atoms with Crippen LogP contribution < -0.4 is 0 Å². The van der Waals surface area contributed by atoms with Gasteiger partial charge in [-0.15, -0.1) is 6.58 Å². The molecule has 0 aliphatic heterocycles. The third-order valence-electron chi connectivity index (χ3n) is 3.84. The Morgan fingerprint density at radius 3 is 2.73 bits per heavy atom. The number of aromatic nitrogens is 1. The van der Waals surface area contributed by atoms with E-state index in [0.29, 0.717) is 5.71 Å². The first-order chi connectivity index (χ1) is 10.7. The van der Waals surface area contributed by atoms with Crippen LogP contribution in [0.5, 0.6) is 0 Å². The fourth-order valence-corrected chi connectivity index (χ4v) is 2.73. The van der Waals surface area contributed by atoms with Crippen molar-refractivity contribution in [3.63, 3.8) is 0 Å². The Hall–Kier alpha value is -2.61. The third-order valence-corrected chi connectivity index (χ3v) is 3.84. The van der Waals surface area contributed by atoms with E-state index in [2.05, 4.69) is 49.9 Å². The van der Waals surface area contributed by atoms with Gasteiger partial charge in [0, 0.05) is 17.4 Å². The fraction of sp³-hybridized carbons (Fsp3) is 0.150. The SMILES string of the molecule is C=CCc1nc2occ(C)c2cc1/C(=C\C)c1ccccc1. The molecule has 0 radical (unpaired) electrons. The van der Waals surface area contributed by atoms with Crippen molar-refractivity contribution in [1.82, 2.24) is 4.98 Å². The summed E-state index contributed by atoms with van der Waals surface area (Å²) in [5.74, 6) is 0. The van der Waals surface area contributed by atoms with Crippen LogP contribution in [0.3, 0.4) is 0 Å². The molecule has 2 nitrogen and oxygen atoms in total. The molecule has 0 saturated carbocycles. The van der Waals surface area contributed by atoms with E-state index in [1.165, 1.54) is 11.1 Å². The Labute approximate surface area is 130 Å². The number of hydrogen-bond acceptors (Lipinski definition) is 2. The average molecular weight is 289 g/mol. The molecule has 0 fully saturated rings. The van der Waals surface area contributed by atoms with Crippen molar-refractivity contribution in [2.24, 2.45) is 0 Å². The highest BCUT2D eigenvalue weighted by Gasteiger charge is 2.14. The summed E-state index contributed by atoms with van der Waals surface area (Å²) < 4.78 is 5.54. The van der Waals surface area contributed by atoms with Crippen LogP contribution in [0.2, 0.25) is 0 Å². The fourth-order valence-electron chi connectivity index (χ4n) is 2.73. The van der Waals surface area contributed by atoms with Gasteiger partial charge in [-0.3, -0.25) is 0 Å². The average Bonchev–Trinajstić information content (AvgIpc) is 2.90. The van der Waals surface area contributed by atoms with Crippen LogP contribution in [0.1, 0.15) is 29.3 Å². The summed E-state index contributed by atoms with van der Waals surface area (Å²) >= 11 is 0. The summed E-state index contributed by atoms with van der Waals surface area (Å²) in [6.45, 7) is 7.96. The normalized spacial score (nSPS) is 11.8. The highest BCUT2D eigenvalue weighted by Crippen LogP contribution is 2.30. The van der Waals surface area contributed by atoms with Crippen LogP contribution in [0.25, 0.3) is 16.7 Å². The van der Waals surface area contributed by atoms with E-state index >= 15 is 0 Å². The van der Waals surface area contributed by atoms with Crippen LogP contribution >= 0.6 is 0 Å². The molecule has 0 atom stereocenters. The van der Waals surface area contributed by atoms with E-state index in [0.717, 1.165) is 28.6 Å². The lowest BCUT2D eigenvalue weighted by atomic mass is 9.94. The molecular formula is C20H19NO. The number of allylic oxidation sites excluding steroid dienone is 2. The Morgan fingerprint density at radius 1 is 1.27 bits per heavy atom. The molecule has 110 valence electrons. The summed E-state index contributed by atoms with van der Waals surface area (Å²) in [5.41, 5.74) is 6.32. The molecule has 22 heavy (non-hydrogen) atoms. The van der Waals surface area contributed by atoms with E-state index in [4.69, 9.17) is 9.40 Å². The Balaban J connectivity index is 2.24. The van der Waals surface area contributed by atoms with Crippen molar-refractivity contribution in [2.45, 2.75) is 20.3 Å². The number of hydrogen-bond donors (Lipinski definition) is 0. The van der Waals surface area contributed by atoms with Gasteiger partial charge in [-0.2, -0.15) is 0 Å². The summed E-state index contributed by atoms with van der Waals surface area (Å²) in [6.07, 6.45) is 6.50. The predicted molar refractivity (Wildman–Crippen MR) is 91.8 cm³/mol. The lowest BCUT2D eigenvalue weighted by Crippen LogP contribution is -1.98. The molecule has 0 bridgehead atoms. The minimum absolute atomic E-state index is 0.696. The number of benzene rings is 1. The van der Waals surface area contributed by atoms with Gasteiger partial charge in [0.15, 0.2) is 0 Å². The highest BCUT2D eigenvalue weighted by molar-refractivity contribution is 5.87. The molecule has 0 amide bonds. The summed E-state index contributed by atoms with van der Waals surface area (Å²) in [6, 6.07) is 12.6. The predicted octanol–water partition coefficient (Wildman–Crippen LogP) is 5.32. The van der Waals surface area contributed by atoms with E-state index in [1.54, 1.807) is 6.26 Å². The lowest BCUT2D eigenvalue weighted by Gasteiger charge is -2.12. The highest BCUT2D eigenvalue weighted by atomic mass is 16.3. The van der Waals surface area contributed by atoms with Crippen molar-refractivity contribution >= 4 is 16.7 Å². The van der Waals surface area contributed by atoms with Gasteiger partial charge in [0.2, 0.25) is 5.71 Å². The van der Waals surface area contributed by atoms with Crippen LogP contribution in [-0.4, -0.2) is 4.98 Å². The molecule has 2 aromatic heterocycles. The summed E-state index contributed by atoms with van der Waals surface area (Å²) in [4.78, 5) is 4.70. The summed E-state index contributed by atoms with van der Waals surface area (Å²) in [5, 5.41) is 1.07. The van der Waals surface area contributed by atoms with Crippen LogP contribution in [-0.2, 0) is 6.42 Å². The van der Waals surface area contributed by atoms with Crippen LogP contribution in [0.15, 0.2) is 65.8 Å². The van der Waals surface area contributed by atoms with Gasteiger partial charge in [0.1, 0.15) is 0 Å². The van der Waals surface area contributed by atoms with Gasteiger partial charge in [0.25, 0.3) is 0 Å². The van der Waals surface area contributed by atoms with Crippen molar-refractivity contribution in [3.8, 4) is 0 Å². The second kappa shape index (κ2) is 6.02. The smallest absolute Gasteiger partial charge is 0.226 e. The zero-order valence-corrected chi connectivity index (χ0v) is 13.0. The molecular weight excluding hydrogens is 270 g/mol. The first kappa shape index (κ1) is 14.3. The number of furan rings is 1. The van der Waals surface area contributed by atoms with Crippen LogP contribution in [0.4, 0.5) is 0 Å². The third kappa shape index (κ3) is 2.48. The topological polar surface area (TPSA) is 26.0 Å². The van der Waals surface area contributed by atoms with Crippen molar-refractivity contribution in [3.05, 3.63) is 83.8 Å². The van der Waals surface area contributed by atoms with Crippen molar-refractivity contribution in [1.29, 1.82) is 0 Å². The molecule has 1 aromatic carbocycles. The monoisotopic (exact) mass is 289 g/mol. The maximum Gasteiger partial charge on any atom is 0.226 e. The zero-order valence-electron chi connectivity index (χ0n) is 13.0. The van der Waals surface area contributed by atoms with E-state index < -0.39 is 0 Å². The maximum atomic E-state index is 5.54. The first-order valence-electron chi connectivity index (χ1n) is 7.45. The Bertz CT molecular complexity index is 841. The van der Waals surface area contributed by atoms with Gasteiger partial charge in [-0.05, 0) is 36.6 Å². The van der Waals surface area contributed by atoms with Crippen molar-refractivity contribution < 1.29 is 4.42 Å². The van der Waals surface area contributed by atoms with E-state index in [-0.39, 0.29) is 0 Å². The molecule has 0 aliphatic rings. The molecule has 3 aromatic rings. The minimum atomic E-state index is 0.696. The number of aryl methyl sites for hydroxylation is 1. The number of rotatable bonds is 4. The quantitative estimate of drug-likeness (QED) is 0.608. The van der Waals surface area contributed by atoms with Gasteiger partial charge in [-0.1, -0.05) is 42.5 Å². The largest absolute Gasteiger partial charge is 0.446 e.